The Bertz CT molecular complexity index is 275. The number of carbonyl (C=O) groups excluding carboxylic acids is 1. The summed E-state index contributed by atoms with van der Waals surface area (Å²) in [5, 5.41) is 2.83. The number of amides is 1. The van der Waals surface area contributed by atoms with Gasteiger partial charge in [0, 0.05) is 6.04 Å². The van der Waals surface area contributed by atoms with E-state index in [1.165, 1.54) is 0 Å². The molecule has 0 saturated heterocycles. The highest BCUT2D eigenvalue weighted by atomic mass is 16.6. The Hall–Kier alpha value is -1.03. The molecule has 1 fully saturated rings. The van der Waals surface area contributed by atoms with E-state index < -0.39 is 5.60 Å². The first-order valence-electron chi connectivity index (χ1n) is 6.13. The van der Waals surface area contributed by atoms with Gasteiger partial charge in [-0.15, -0.1) is 0 Å². The summed E-state index contributed by atoms with van der Waals surface area (Å²) in [6.45, 7) is 8.19. The molecule has 1 N–H and O–H groups in total. The first kappa shape index (κ1) is 14.0. The predicted octanol–water partition coefficient (Wildman–Crippen LogP) is 2.63. The molecular weight excluding hydrogens is 218 g/mol. The molecule has 0 aromatic carbocycles. The zero-order chi connectivity index (χ0) is 12.9. The summed E-state index contributed by atoms with van der Waals surface area (Å²) >= 11 is 0. The van der Waals surface area contributed by atoms with E-state index in [1.807, 2.05) is 39.8 Å². The van der Waals surface area contributed by atoms with Crippen molar-refractivity contribution < 1.29 is 14.3 Å². The van der Waals surface area contributed by atoms with E-state index in [-0.39, 0.29) is 18.2 Å². The average molecular weight is 241 g/mol. The molecule has 0 atom stereocenters. The number of rotatable bonds is 4. The molecule has 0 bridgehead atoms. The van der Waals surface area contributed by atoms with Crippen molar-refractivity contribution >= 4 is 6.09 Å². The number of carbonyl (C=O) groups is 1. The lowest BCUT2D eigenvalue weighted by atomic mass is 9.89. The number of nitrogens with one attached hydrogen (secondary N) is 1. The number of hydrogen-bond acceptors (Lipinski definition) is 3. The summed E-state index contributed by atoms with van der Waals surface area (Å²) in [4.78, 5) is 11.4. The molecule has 1 rings (SSSR count). The lowest BCUT2D eigenvalue weighted by Gasteiger charge is -2.35. The van der Waals surface area contributed by atoms with Crippen LogP contribution >= 0.6 is 0 Å². The van der Waals surface area contributed by atoms with Gasteiger partial charge in [-0.2, -0.15) is 0 Å². The Morgan fingerprint density at radius 3 is 2.59 bits per heavy atom. The first-order chi connectivity index (χ1) is 7.90. The van der Waals surface area contributed by atoms with Crippen LogP contribution in [0.15, 0.2) is 12.2 Å². The Morgan fingerprint density at radius 2 is 2.06 bits per heavy atom. The molecule has 1 aliphatic rings. The molecule has 1 aliphatic carbocycles. The molecular formula is C13H23NO3. The SMILES string of the molecule is CC=CCO[C@H]1C[C@H](NC(=O)OC(C)(C)C)C1. The summed E-state index contributed by atoms with van der Waals surface area (Å²) < 4.78 is 10.7. The van der Waals surface area contributed by atoms with E-state index in [1.54, 1.807) is 0 Å². The molecule has 4 nitrogen and oxygen atoms in total. The maximum absolute atomic E-state index is 11.4. The molecule has 0 spiro atoms. The fourth-order valence-electron chi connectivity index (χ4n) is 1.58. The molecule has 1 amide bonds. The molecule has 0 heterocycles. The second-order valence-electron chi connectivity index (χ2n) is 5.34. The molecule has 0 aliphatic heterocycles. The highest BCUT2D eigenvalue weighted by Crippen LogP contribution is 2.23. The summed E-state index contributed by atoms with van der Waals surface area (Å²) in [5.74, 6) is 0. The van der Waals surface area contributed by atoms with Gasteiger partial charge >= 0.3 is 6.09 Å². The van der Waals surface area contributed by atoms with Crippen molar-refractivity contribution in [2.45, 2.75) is 58.3 Å². The van der Waals surface area contributed by atoms with Gasteiger partial charge in [0.2, 0.25) is 0 Å². The van der Waals surface area contributed by atoms with Crippen LogP contribution in [-0.4, -0.2) is 30.4 Å². The Balaban J connectivity index is 2.10. The van der Waals surface area contributed by atoms with Crippen LogP contribution < -0.4 is 5.32 Å². The first-order valence-corrected chi connectivity index (χ1v) is 6.13. The van der Waals surface area contributed by atoms with Crippen molar-refractivity contribution in [3.8, 4) is 0 Å². The zero-order valence-corrected chi connectivity index (χ0v) is 11.2. The fraction of sp³-hybridized carbons (Fsp3) is 0.769. The Kier molecular flexibility index (Phi) is 5.00. The fourth-order valence-corrected chi connectivity index (χ4v) is 1.58. The molecule has 17 heavy (non-hydrogen) atoms. The van der Waals surface area contributed by atoms with Crippen LogP contribution in [0.3, 0.4) is 0 Å². The Labute approximate surface area is 103 Å². The molecule has 0 aromatic heterocycles. The standard InChI is InChI=1S/C13H23NO3/c1-5-6-7-16-11-8-10(9-11)14-12(15)17-13(2,3)4/h5-6,10-11H,7-9H2,1-4H3,(H,14,15)/t10-,11-. The molecule has 4 heteroatoms. The van der Waals surface area contributed by atoms with Crippen LogP contribution in [0.5, 0.6) is 0 Å². The van der Waals surface area contributed by atoms with E-state index in [0.29, 0.717) is 6.61 Å². The van der Waals surface area contributed by atoms with Crippen molar-refractivity contribution in [2.24, 2.45) is 0 Å². The van der Waals surface area contributed by atoms with E-state index in [2.05, 4.69) is 5.32 Å². The minimum atomic E-state index is -0.435. The van der Waals surface area contributed by atoms with Gasteiger partial charge in [-0.1, -0.05) is 12.2 Å². The average Bonchev–Trinajstić information content (AvgIpc) is 2.10. The quantitative estimate of drug-likeness (QED) is 0.770. The lowest BCUT2D eigenvalue weighted by molar-refractivity contribution is -0.00761. The van der Waals surface area contributed by atoms with Crippen molar-refractivity contribution in [2.75, 3.05) is 6.61 Å². The van der Waals surface area contributed by atoms with Gasteiger partial charge in [0.15, 0.2) is 0 Å². The molecule has 0 unspecified atom stereocenters. The van der Waals surface area contributed by atoms with E-state index in [4.69, 9.17) is 9.47 Å². The van der Waals surface area contributed by atoms with Crippen molar-refractivity contribution in [3.63, 3.8) is 0 Å². The van der Waals surface area contributed by atoms with Crippen LogP contribution in [0, 0.1) is 0 Å². The predicted molar refractivity (Wildman–Crippen MR) is 66.9 cm³/mol. The minimum absolute atomic E-state index is 0.195. The van der Waals surface area contributed by atoms with Crippen LogP contribution in [0.25, 0.3) is 0 Å². The summed E-state index contributed by atoms with van der Waals surface area (Å²) in [7, 11) is 0. The maximum Gasteiger partial charge on any atom is 0.407 e. The third-order valence-corrected chi connectivity index (χ3v) is 2.48. The van der Waals surface area contributed by atoms with E-state index in [0.717, 1.165) is 12.8 Å². The minimum Gasteiger partial charge on any atom is -0.444 e. The van der Waals surface area contributed by atoms with Gasteiger partial charge in [0.25, 0.3) is 0 Å². The monoisotopic (exact) mass is 241 g/mol. The number of alkyl carbamates (subject to hydrolysis) is 1. The van der Waals surface area contributed by atoms with Gasteiger partial charge in [0.1, 0.15) is 5.60 Å². The van der Waals surface area contributed by atoms with Crippen molar-refractivity contribution in [1.82, 2.24) is 5.32 Å². The third kappa shape index (κ3) is 5.73. The second-order valence-corrected chi connectivity index (χ2v) is 5.34. The summed E-state index contributed by atoms with van der Waals surface area (Å²) in [6.07, 6.45) is 5.62. The van der Waals surface area contributed by atoms with E-state index >= 15 is 0 Å². The highest BCUT2D eigenvalue weighted by Gasteiger charge is 2.31. The van der Waals surface area contributed by atoms with Crippen LogP contribution in [0.4, 0.5) is 4.79 Å². The van der Waals surface area contributed by atoms with Gasteiger partial charge in [-0.05, 0) is 40.5 Å². The van der Waals surface area contributed by atoms with Gasteiger partial charge in [0.05, 0.1) is 12.7 Å². The van der Waals surface area contributed by atoms with Gasteiger partial charge in [-0.25, -0.2) is 4.79 Å². The number of hydrogen-bond donors (Lipinski definition) is 1. The number of allylic oxidation sites excluding steroid dienone is 1. The van der Waals surface area contributed by atoms with Crippen LogP contribution in [-0.2, 0) is 9.47 Å². The number of ether oxygens (including phenoxy) is 2. The molecule has 98 valence electrons. The van der Waals surface area contributed by atoms with Crippen LogP contribution in [0.2, 0.25) is 0 Å². The Morgan fingerprint density at radius 1 is 1.41 bits per heavy atom. The normalized spacial score (nSPS) is 24.5. The topological polar surface area (TPSA) is 47.6 Å². The zero-order valence-electron chi connectivity index (χ0n) is 11.2. The highest BCUT2D eigenvalue weighted by molar-refractivity contribution is 5.68. The van der Waals surface area contributed by atoms with Crippen LogP contribution in [0.1, 0.15) is 40.5 Å². The van der Waals surface area contributed by atoms with E-state index in [9.17, 15) is 4.79 Å². The van der Waals surface area contributed by atoms with Crippen molar-refractivity contribution in [3.05, 3.63) is 12.2 Å². The smallest absolute Gasteiger partial charge is 0.407 e. The van der Waals surface area contributed by atoms with Crippen molar-refractivity contribution in [1.29, 1.82) is 0 Å². The molecule has 0 aromatic rings. The van der Waals surface area contributed by atoms with Gasteiger partial charge < -0.3 is 14.8 Å². The second kappa shape index (κ2) is 6.05. The largest absolute Gasteiger partial charge is 0.444 e. The summed E-state index contributed by atoms with van der Waals surface area (Å²) in [5.41, 5.74) is -0.435. The summed E-state index contributed by atoms with van der Waals surface area (Å²) in [6, 6.07) is 0.195. The molecule has 1 saturated carbocycles. The third-order valence-electron chi connectivity index (χ3n) is 2.48. The van der Waals surface area contributed by atoms with Gasteiger partial charge in [-0.3, -0.25) is 0 Å². The lowest BCUT2D eigenvalue weighted by Crippen LogP contribution is -2.49. The maximum atomic E-state index is 11.4. The molecule has 0 radical (unpaired) electrons.